The Morgan fingerprint density at radius 2 is 2.30 bits per heavy atom. The molecule has 3 nitrogen and oxygen atoms in total. The summed E-state index contributed by atoms with van der Waals surface area (Å²) in [5.41, 5.74) is 0. The largest absolute Gasteiger partial charge is 0.428 e. The summed E-state index contributed by atoms with van der Waals surface area (Å²) in [6.07, 6.45) is 1.41. The van der Waals surface area contributed by atoms with E-state index in [1.165, 1.54) is 0 Å². The van der Waals surface area contributed by atoms with Crippen LogP contribution in [0, 0.1) is 0 Å². The van der Waals surface area contributed by atoms with Gasteiger partial charge in [-0.05, 0) is 6.42 Å². The van der Waals surface area contributed by atoms with Crippen LogP contribution in [0.4, 0.5) is 0 Å². The second-order valence-corrected chi connectivity index (χ2v) is 2.95. The van der Waals surface area contributed by atoms with Crippen LogP contribution in [0.2, 0.25) is 0 Å². The van der Waals surface area contributed by atoms with E-state index in [0.29, 0.717) is 6.10 Å². The lowest BCUT2D eigenvalue weighted by Gasteiger charge is -2.00. The minimum absolute atomic E-state index is 0.400. The predicted octanol–water partition coefficient (Wildman–Crippen LogP) is -0.911. The van der Waals surface area contributed by atoms with E-state index in [-0.39, 0.29) is 0 Å². The molecular weight excluding hydrogens is 148 g/mol. The van der Waals surface area contributed by atoms with E-state index in [1.807, 2.05) is 0 Å². The minimum Gasteiger partial charge on any atom is -0.428 e. The molecule has 1 rings (SSSR count). The van der Waals surface area contributed by atoms with Gasteiger partial charge in [0.05, 0.1) is 13.2 Å². The molecule has 10 heavy (non-hydrogen) atoms. The lowest BCUT2D eigenvalue weighted by molar-refractivity contribution is 0.105. The first-order valence-electron chi connectivity index (χ1n) is 3.62. The van der Waals surface area contributed by atoms with Gasteiger partial charge in [0.1, 0.15) is 16.6 Å². The fraction of sp³-hybridized carbons (Fsp3) is 1.00. The molecule has 1 heterocycles. The summed E-state index contributed by atoms with van der Waals surface area (Å²) in [6.45, 7) is 3.30. The molecule has 1 fully saturated rings. The van der Waals surface area contributed by atoms with Crippen LogP contribution in [-0.4, -0.2) is 43.0 Å². The fourth-order valence-corrected chi connectivity index (χ4v) is 0.973. The minimum atomic E-state index is 0.400. The van der Waals surface area contributed by atoms with Crippen molar-refractivity contribution in [3.8, 4) is 0 Å². The maximum Gasteiger partial charge on any atom is 0.145 e. The molecule has 0 aromatic rings. The molecule has 1 aliphatic rings. The van der Waals surface area contributed by atoms with Crippen LogP contribution in [0.15, 0.2) is 0 Å². The maximum absolute atomic E-state index is 5.27. The molecule has 0 aromatic carbocycles. The molecule has 4 heteroatoms. The Balaban J connectivity index is 1.68. The van der Waals surface area contributed by atoms with Crippen molar-refractivity contribution in [2.75, 3.05) is 26.4 Å². The van der Waals surface area contributed by atoms with E-state index in [9.17, 15) is 0 Å². The molecule has 60 valence electrons. The van der Waals surface area contributed by atoms with Crippen LogP contribution >= 0.6 is 0 Å². The van der Waals surface area contributed by atoms with Crippen LogP contribution in [0.3, 0.4) is 0 Å². The third kappa shape index (κ3) is 4.00. The third-order valence-electron chi connectivity index (χ3n) is 1.34. The highest BCUT2D eigenvalue weighted by Gasteiger charge is 2.21. The molecule has 0 N–H and O–H groups in total. The zero-order valence-electron chi connectivity index (χ0n) is 6.34. The number of epoxide rings is 1. The van der Waals surface area contributed by atoms with Crippen LogP contribution < -0.4 is 0 Å². The van der Waals surface area contributed by atoms with Crippen molar-refractivity contribution in [3.05, 3.63) is 0 Å². The number of ether oxygens (including phenoxy) is 2. The maximum atomic E-state index is 5.27. The first-order valence-corrected chi connectivity index (χ1v) is 4.43. The Hall–Kier alpha value is 0.0969. The third-order valence-corrected chi connectivity index (χ3v) is 1.75. The molecule has 1 aliphatic heterocycles. The Bertz CT molecular complexity index is 85.1. The Labute approximate surface area is 64.2 Å². The first kappa shape index (κ1) is 8.20. The van der Waals surface area contributed by atoms with Crippen molar-refractivity contribution < 1.29 is 13.9 Å². The SMILES string of the molecule is [SiH3]OCCCOC[C@H]1CO1. The van der Waals surface area contributed by atoms with Gasteiger partial charge in [-0.1, -0.05) is 0 Å². The summed E-state index contributed by atoms with van der Waals surface area (Å²) >= 11 is 0. The van der Waals surface area contributed by atoms with Crippen LogP contribution in [0.25, 0.3) is 0 Å². The van der Waals surface area contributed by atoms with Gasteiger partial charge in [-0.25, -0.2) is 0 Å². The quantitative estimate of drug-likeness (QED) is 0.288. The van der Waals surface area contributed by atoms with Crippen molar-refractivity contribution in [1.82, 2.24) is 0 Å². The van der Waals surface area contributed by atoms with E-state index >= 15 is 0 Å². The van der Waals surface area contributed by atoms with E-state index in [2.05, 4.69) is 0 Å². The average Bonchev–Trinajstić information content (AvgIpc) is 2.71. The molecule has 0 spiro atoms. The predicted molar refractivity (Wildman–Crippen MR) is 41.1 cm³/mol. The van der Waals surface area contributed by atoms with Gasteiger partial charge in [0.15, 0.2) is 0 Å². The Morgan fingerprint density at radius 1 is 1.50 bits per heavy atom. The van der Waals surface area contributed by atoms with Crippen molar-refractivity contribution in [3.63, 3.8) is 0 Å². The lowest BCUT2D eigenvalue weighted by Crippen LogP contribution is -2.04. The Kier molecular flexibility index (Phi) is 3.97. The van der Waals surface area contributed by atoms with Gasteiger partial charge in [0.25, 0.3) is 0 Å². The van der Waals surface area contributed by atoms with Crippen molar-refractivity contribution in [2.24, 2.45) is 0 Å². The summed E-state index contributed by atoms with van der Waals surface area (Å²) in [7, 11) is 0.836. The highest BCUT2D eigenvalue weighted by atomic mass is 28.2. The van der Waals surface area contributed by atoms with Gasteiger partial charge in [-0.3, -0.25) is 0 Å². The lowest BCUT2D eigenvalue weighted by atomic mass is 10.5. The number of hydrogen-bond donors (Lipinski definition) is 0. The molecule has 0 aromatic heterocycles. The molecule has 0 saturated carbocycles. The molecule has 0 amide bonds. The first-order chi connectivity index (χ1) is 4.93. The summed E-state index contributed by atoms with van der Waals surface area (Å²) in [5, 5.41) is 0. The standard InChI is InChI=1S/C6H14O3Si/c10-9-3-1-2-7-4-6-5-8-6/h6H,1-5H2,10H3/t6-/m0/s1. The van der Waals surface area contributed by atoms with Gasteiger partial charge in [-0.2, -0.15) is 0 Å². The molecular formula is C6H14O3Si. The summed E-state index contributed by atoms with van der Waals surface area (Å²) in [6, 6.07) is 0. The van der Waals surface area contributed by atoms with Gasteiger partial charge >= 0.3 is 0 Å². The van der Waals surface area contributed by atoms with Crippen LogP contribution in [0.5, 0.6) is 0 Å². The number of hydrogen-bond acceptors (Lipinski definition) is 3. The van der Waals surface area contributed by atoms with Gasteiger partial charge in [0, 0.05) is 13.2 Å². The average molecular weight is 162 g/mol. The molecule has 0 aliphatic carbocycles. The van der Waals surface area contributed by atoms with Gasteiger partial charge < -0.3 is 13.9 Å². The monoisotopic (exact) mass is 162 g/mol. The van der Waals surface area contributed by atoms with Crippen LogP contribution in [-0.2, 0) is 13.9 Å². The topological polar surface area (TPSA) is 31.0 Å². The fourth-order valence-electron chi connectivity index (χ4n) is 0.684. The number of rotatable bonds is 6. The summed E-state index contributed by atoms with van der Waals surface area (Å²) in [4.78, 5) is 0. The molecule has 0 unspecified atom stereocenters. The van der Waals surface area contributed by atoms with E-state index in [0.717, 1.165) is 43.3 Å². The summed E-state index contributed by atoms with van der Waals surface area (Å²) < 4.78 is 15.2. The zero-order chi connectivity index (χ0) is 7.23. The smallest absolute Gasteiger partial charge is 0.145 e. The highest BCUT2D eigenvalue weighted by Crippen LogP contribution is 2.08. The molecule has 1 saturated heterocycles. The van der Waals surface area contributed by atoms with E-state index in [1.54, 1.807) is 0 Å². The molecule has 0 radical (unpaired) electrons. The normalized spacial score (nSPS) is 23.4. The zero-order valence-corrected chi connectivity index (χ0v) is 8.34. The second-order valence-electron chi connectivity index (χ2n) is 2.38. The van der Waals surface area contributed by atoms with Gasteiger partial charge in [-0.15, -0.1) is 0 Å². The molecule has 0 bridgehead atoms. The van der Waals surface area contributed by atoms with E-state index in [4.69, 9.17) is 13.9 Å². The summed E-state index contributed by atoms with van der Waals surface area (Å²) in [5.74, 6) is 0. The van der Waals surface area contributed by atoms with Crippen LogP contribution in [0.1, 0.15) is 6.42 Å². The van der Waals surface area contributed by atoms with Crippen molar-refractivity contribution in [1.29, 1.82) is 0 Å². The van der Waals surface area contributed by atoms with Crippen molar-refractivity contribution in [2.45, 2.75) is 12.5 Å². The van der Waals surface area contributed by atoms with Crippen molar-refractivity contribution >= 4 is 10.5 Å². The highest BCUT2D eigenvalue weighted by molar-refractivity contribution is 5.97. The van der Waals surface area contributed by atoms with E-state index < -0.39 is 0 Å². The molecule has 1 atom stereocenters. The van der Waals surface area contributed by atoms with Gasteiger partial charge in [0.2, 0.25) is 0 Å². The Morgan fingerprint density at radius 3 is 2.90 bits per heavy atom. The second kappa shape index (κ2) is 4.84.